The van der Waals surface area contributed by atoms with E-state index < -0.39 is 19.8 Å². The van der Waals surface area contributed by atoms with Gasteiger partial charge < -0.3 is 18.5 Å². The van der Waals surface area contributed by atoms with Crippen LogP contribution in [0.25, 0.3) is 0 Å². The third-order valence-corrected chi connectivity index (χ3v) is 5.12. The van der Waals surface area contributed by atoms with Gasteiger partial charge in [-0.2, -0.15) is 0 Å². The molecule has 0 aromatic heterocycles. The Kier molecular flexibility index (Phi) is 11.9. The molecule has 0 spiro atoms. The molecule has 2 aromatic rings. The van der Waals surface area contributed by atoms with Crippen molar-refractivity contribution in [2.24, 2.45) is 0 Å². The van der Waals surface area contributed by atoms with E-state index in [1.807, 2.05) is 85.7 Å². The molecular weight excluding hydrogens is 427 g/mol. The van der Waals surface area contributed by atoms with Crippen LogP contribution in [0.15, 0.2) is 48.5 Å². The molecule has 0 saturated heterocycles. The van der Waals surface area contributed by atoms with Crippen LogP contribution in [0, 0.1) is 0 Å². The third-order valence-electron chi connectivity index (χ3n) is 3.41. The second-order valence-corrected chi connectivity index (χ2v) is 9.69. The molecule has 0 unspecified atom stereocenters. The van der Waals surface area contributed by atoms with Crippen molar-refractivity contribution >= 4 is 14.9 Å². The van der Waals surface area contributed by atoms with Crippen LogP contribution in [-0.2, 0) is 20.2 Å². The maximum atomic E-state index is 11.2. The van der Waals surface area contributed by atoms with Crippen LogP contribution in [0.4, 0.5) is 0 Å². The molecule has 2 rings (SSSR count). The van der Waals surface area contributed by atoms with E-state index in [-0.39, 0.29) is 6.79 Å². The largest absolute Gasteiger partial charge is 0.485 e. The summed E-state index contributed by atoms with van der Waals surface area (Å²) in [6.45, 7) is 15.9. The Bertz CT molecular complexity index is 780. The first-order valence-electron chi connectivity index (χ1n) is 10.8. The zero-order valence-corrected chi connectivity index (χ0v) is 21.4. The zero-order valence-electron chi connectivity index (χ0n) is 20.5. The third kappa shape index (κ3) is 11.6. The predicted octanol–water partition coefficient (Wildman–Crippen LogP) is 7.31. The Morgan fingerprint density at radius 1 is 0.812 bits per heavy atom. The summed E-state index contributed by atoms with van der Waals surface area (Å²) in [6.07, 6.45) is 0.767. The maximum Gasteiger partial charge on any atom is 0.336 e. The quantitative estimate of drug-likeness (QED) is 0.209. The first-order valence-corrected chi connectivity index (χ1v) is 11.9. The smallest absolute Gasteiger partial charge is 0.336 e. The number of aldehydes is 1. The molecule has 0 fully saturated rings. The summed E-state index contributed by atoms with van der Waals surface area (Å²) in [7, 11) is -1.62. The first-order chi connectivity index (χ1) is 15.1. The van der Waals surface area contributed by atoms with Gasteiger partial charge >= 0.3 is 8.60 Å². The first kappa shape index (κ1) is 28.1. The molecule has 0 N–H and O–H groups in total. The van der Waals surface area contributed by atoms with Gasteiger partial charge in [-0.15, -0.1) is 0 Å². The topological polar surface area (TPSA) is 63.2 Å². The molecule has 0 aliphatic carbocycles. The summed E-state index contributed by atoms with van der Waals surface area (Å²) < 4.78 is 29.2. The number of carbonyl (C=O) groups excluding carboxylic acids is 1. The van der Waals surface area contributed by atoms with E-state index in [2.05, 4.69) is 0 Å². The van der Waals surface area contributed by atoms with Crippen LogP contribution >= 0.6 is 8.60 Å². The Hall–Kier alpha value is -1.98. The van der Waals surface area contributed by atoms with E-state index in [4.69, 9.17) is 23.0 Å². The lowest BCUT2D eigenvalue weighted by Gasteiger charge is -2.30. The molecule has 0 saturated carbocycles. The number of rotatable bonds is 10. The molecule has 178 valence electrons. The molecule has 32 heavy (non-hydrogen) atoms. The van der Waals surface area contributed by atoms with E-state index in [0.717, 1.165) is 11.8 Å². The van der Waals surface area contributed by atoms with Crippen LogP contribution in [0.3, 0.4) is 0 Å². The van der Waals surface area contributed by atoms with Gasteiger partial charge in [0.25, 0.3) is 0 Å². The monoisotopic (exact) mass is 464 g/mol. The zero-order chi connectivity index (χ0) is 24.2. The minimum absolute atomic E-state index is 0.0833. The van der Waals surface area contributed by atoms with Crippen molar-refractivity contribution in [1.29, 1.82) is 0 Å². The molecule has 0 radical (unpaired) electrons. The van der Waals surface area contributed by atoms with Gasteiger partial charge in [0.2, 0.25) is 0 Å². The Morgan fingerprint density at radius 3 is 1.94 bits per heavy atom. The molecule has 2 aromatic carbocycles. The summed E-state index contributed by atoms with van der Waals surface area (Å²) in [5, 5.41) is 0. The summed E-state index contributed by atoms with van der Waals surface area (Å²) in [5.74, 6) is 0.933. The lowest BCUT2D eigenvalue weighted by Crippen LogP contribution is -2.23. The second-order valence-electron chi connectivity index (χ2n) is 8.62. The molecule has 7 heteroatoms. The number of carbonyl (C=O) groups is 1. The van der Waals surface area contributed by atoms with Crippen LogP contribution < -0.4 is 9.47 Å². The van der Waals surface area contributed by atoms with Gasteiger partial charge in [-0.1, -0.05) is 44.2 Å². The van der Waals surface area contributed by atoms with Crippen molar-refractivity contribution in [1.82, 2.24) is 0 Å². The fourth-order valence-electron chi connectivity index (χ4n) is 2.22. The molecule has 0 heterocycles. The molecule has 0 amide bonds. The van der Waals surface area contributed by atoms with E-state index in [1.165, 1.54) is 0 Å². The van der Waals surface area contributed by atoms with Crippen molar-refractivity contribution in [2.75, 3.05) is 6.79 Å². The fraction of sp³-hybridized carbons (Fsp3) is 0.480. The summed E-state index contributed by atoms with van der Waals surface area (Å²) in [5.41, 5.74) is 0.663. The van der Waals surface area contributed by atoms with E-state index in [0.29, 0.717) is 23.7 Å². The Balaban J connectivity index is 0.00000249. The van der Waals surface area contributed by atoms with Gasteiger partial charge in [0.05, 0.1) is 11.2 Å². The minimum Gasteiger partial charge on any atom is -0.485 e. The van der Waals surface area contributed by atoms with Crippen molar-refractivity contribution in [3.05, 3.63) is 59.7 Å². The lowest BCUT2D eigenvalue weighted by molar-refractivity contribution is 0.00783. The molecule has 0 bridgehead atoms. The second kappa shape index (κ2) is 13.5. The Morgan fingerprint density at radius 2 is 1.41 bits per heavy atom. The standard InChI is InChI=1S/C23H31O6P.C2H6/c1-22(2,3)28-30(29-23(4,5)6)27-17-26-20-13-12-19(15-24)14-21(20)25-16-18-10-8-7-9-11-18;1-2/h7-15H,16-17H2,1-6H3;1-2H3. The van der Waals surface area contributed by atoms with Crippen LogP contribution in [-0.4, -0.2) is 24.3 Å². The van der Waals surface area contributed by atoms with Crippen molar-refractivity contribution in [2.45, 2.75) is 73.2 Å². The number of hydrogen-bond donors (Lipinski definition) is 0. The summed E-state index contributed by atoms with van der Waals surface area (Å²) in [6, 6.07) is 14.8. The van der Waals surface area contributed by atoms with Crippen molar-refractivity contribution in [3.8, 4) is 11.5 Å². The van der Waals surface area contributed by atoms with E-state index in [1.54, 1.807) is 18.2 Å². The molecule has 6 nitrogen and oxygen atoms in total. The summed E-state index contributed by atoms with van der Waals surface area (Å²) >= 11 is 0. The maximum absolute atomic E-state index is 11.2. The van der Waals surface area contributed by atoms with Gasteiger partial charge in [-0.25, -0.2) is 0 Å². The van der Waals surface area contributed by atoms with Gasteiger partial charge in [0.1, 0.15) is 12.9 Å². The highest BCUT2D eigenvalue weighted by Gasteiger charge is 2.27. The minimum atomic E-state index is -1.62. The van der Waals surface area contributed by atoms with Crippen LogP contribution in [0.1, 0.15) is 71.3 Å². The lowest BCUT2D eigenvalue weighted by atomic mass is 10.2. The fourth-order valence-corrected chi connectivity index (χ4v) is 3.39. The van der Waals surface area contributed by atoms with Crippen molar-refractivity contribution < 1.29 is 27.8 Å². The van der Waals surface area contributed by atoms with Crippen LogP contribution in [0.2, 0.25) is 0 Å². The normalized spacial score (nSPS) is 11.5. The summed E-state index contributed by atoms with van der Waals surface area (Å²) in [4.78, 5) is 11.2. The number of benzene rings is 2. The highest BCUT2D eigenvalue weighted by Crippen LogP contribution is 2.47. The molecule has 0 aliphatic heterocycles. The van der Waals surface area contributed by atoms with Crippen molar-refractivity contribution in [3.63, 3.8) is 0 Å². The molecule has 0 atom stereocenters. The highest BCUT2D eigenvalue weighted by atomic mass is 31.2. The van der Waals surface area contributed by atoms with Gasteiger partial charge in [-0.3, -0.25) is 9.32 Å². The predicted molar refractivity (Wildman–Crippen MR) is 129 cm³/mol. The molecule has 0 aliphatic rings. The van der Waals surface area contributed by atoms with Crippen LogP contribution in [0.5, 0.6) is 11.5 Å². The molecular formula is C25H37O6P. The van der Waals surface area contributed by atoms with Gasteiger partial charge in [0, 0.05) is 5.56 Å². The SMILES string of the molecule is CC.CC(C)(C)OP(OCOc1ccc(C=O)cc1OCc1ccccc1)OC(C)(C)C. The number of ether oxygens (including phenoxy) is 2. The van der Waals surface area contributed by atoms with Gasteiger partial charge in [-0.05, 0) is 65.3 Å². The average molecular weight is 465 g/mol. The van der Waals surface area contributed by atoms with Gasteiger partial charge in [0.15, 0.2) is 18.3 Å². The Labute approximate surface area is 194 Å². The highest BCUT2D eigenvalue weighted by molar-refractivity contribution is 7.41. The van der Waals surface area contributed by atoms with E-state index in [9.17, 15) is 4.79 Å². The van der Waals surface area contributed by atoms with E-state index >= 15 is 0 Å². The number of hydrogen-bond acceptors (Lipinski definition) is 6. The average Bonchev–Trinajstić information content (AvgIpc) is 2.72.